The highest BCUT2D eigenvalue weighted by molar-refractivity contribution is 8.00. The van der Waals surface area contributed by atoms with Crippen molar-refractivity contribution in [3.05, 3.63) is 64.6 Å². The van der Waals surface area contributed by atoms with Crippen LogP contribution in [0.2, 0.25) is 0 Å². The fourth-order valence-electron chi connectivity index (χ4n) is 5.26. The average Bonchev–Trinajstić information content (AvgIpc) is 3.68. The Morgan fingerprint density at radius 3 is 2.76 bits per heavy atom. The fraction of sp³-hybridized carbons (Fsp3) is 0.464. The normalized spacial score (nSPS) is 21.9. The van der Waals surface area contributed by atoms with Crippen molar-refractivity contribution in [2.24, 2.45) is 0 Å². The van der Waals surface area contributed by atoms with Crippen molar-refractivity contribution in [3.63, 3.8) is 0 Å². The molecule has 2 fully saturated rings. The SMILES string of the molecule is CCOC(=O)[C@@H]1CCCN1C(=O)c1cccc(NC2=C(NC(c3ccc(C)o3)C3CCCS3)CC2=O)c1F. The molecule has 1 aromatic carbocycles. The summed E-state index contributed by atoms with van der Waals surface area (Å²) in [5, 5.41) is 6.72. The van der Waals surface area contributed by atoms with Gasteiger partial charge < -0.3 is 24.7 Å². The molecular formula is C28H32FN3O5S. The number of esters is 1. The summed E-state index contributed by atoms with van der Waals surface area (Å²) in [6, 6.07) is 7.50. The van der Waals surface area contributed by atoms with E-state index >= 15 is 4.39 Å². The molecule has 3 atom stereocenters. The minimum Gasteiger partial charge on any atom is -0.464 e. The van der Waals surface area contributed by atoms with Gasteiger partial charge in [0.2, 0.25) is 0 Å². The summed E-state index contributed by atoms with van der Waals surface area (Å²) in [4.78, 5) is 39.5. The molecule has 8 nitrogen and oxygen atoms in total. The summed E-state index contributed by atoms with van der Waals surface area (Å²) in [5.74, 6) is 0.761. The molecule has 2 N–H and O–H groups in total. The van der Waals surface area contributed by atoms with Crippen molar-refractivity contribution in [3.8, 4) is 0 Å². The molecule has 1 aromatic heterocycles. The van der Waals surface area contributed by atoms with Gasteiger partial charge in [0.05, 0.1) is 30.3 Å². The summed E-state index contributed by atoms with van der Waals surface area (Å²) < 4.78 is 26.6. The number of benzene rings is 1. The first-order valence-electron chi connectivity index (χ1n) is 13.1. The van der Waals surface area contributed by atoms with E-state index in [-0.39, 0.29) is 41.8 Å². The van der Waals surface area contributed by atoms with Crippen LogP contribution >= 0.6 is 11.8 Å². The van der Waals surface area contributed by atoms with E-state index in [0.29, 0.717) is 30.3 Å². The molecule has 3 heterocycles. The van der Waals surface area contributed by atoms with Crippen LogP contribution in [0.4, 0.5) is 10.1 Å². The summed E-state index contributed by atoms with van der Waals surface area (Å²) in [5.41, 5.74) is 0.861. The zero-order chi connectivity index (χ0) is 26.8. The first-order chi connectivity index (χ1) is 18.4. The lowest BCUT2D eigenvalue weighted by Crippen LogP contribution is -2.41. The second-order valence-corrected chi connectivity index (χ2v) is 11.1. The number of hydrogen-bond acceptors (Lipinski definition) is 8. The van der Waals surface area contributed by atoms with Gasteiger partial charge in [-0.1, -0.05) is 6.07 Å². The summed E-state index contributed by atoms with van der Waals surface area (Å²) in [6.45, 7) is 4.17. The number of allylic oxidation sites excluding steroid dienone is 2. The summed E-state index contributed by atoms with van der Waals surface area (Å²) in [7, 11) is 0. The van der Waals surface area contributed by atoms with Gasteiger partial charge in [-0.05, 0) is 69.5 Å². The van der Waals surface area contributed by atoms with Crippen LogP contribution in [0.3, 0.4) is 0 Å². The predicted molar refractivity (Wildman–Crippen MR) is 142 cm³/mol. The maximum atomic E-state index is 15.6. The van der Waals surface area contributed by atoms with E-state index in [1.807, 2.05) is 30.8 Å². The quantitative estimate of drug-likeness (QED) is 0.440. The number of hydrogen-bond donors (Lipinski definition) is 2. The number of nitrogens with one attached hydrogen (secondary N) is 2. The first-order valence-corrected chi connectivity index (χ1v) is 14.2. The molecule has 0 spiro atoms. The number of carbonyl (C=O) groups is 3. The maximum absolute atomic E-state index is 15.6. The number of amides is 1. The Kier molecular flexibility index (Phi) is 7.78. The Bertz CT molecular complexity index is 1270. The topological polar surface area (TPSA) is 101 Å². The Morgan fingerprint density at radius 2 is 2.08 bits per heavy atom. The smallest absolute Gasteiger partial charge is 0.328 e. The molecule has 2 saturated heterocycles. The maximum Gasteiger partial charge on any atom is 0.328 e. The second-order valence-electron chi connectivity index (χ2n) is 9.78. The monoisotopic (exact) mass is 541 g/mol. The minimum atomic E-state index is -0.761. The number of carbonyl (C=O) groups excluding carboxylic acids is 3. The summed E-state index contributed by atoms with van der Waals surface area (Å²) in [6.07, 6.45) is 3.49. The number of nitrogens with zero attached hydrogens (tertiary/aromatic N) is 1. The lowest BCUT2D eigenvalue weighted by atomic mass is 9.96. The van der Waals surface area contributed by atoms with Crippen molar-refractivity contribution in [1.82, 2.24) is 10.2 Å². The van der Waals surface area contributed by atoms with Gasteiger partial charge in [-0.15, -0.1) is 0 Å². The molecular weight excluding hydrogens is 509 g/mol. The highest BCUT2D eigenvalue weighted by Gasteiger charge is 2.38. The minimum absolute atomic E-state index is 0.0331. The van der Waals surface area contributed by atoms with Crippen LogP contribution in [0.1, 0.15) is 66.9 Å². The van der Waals surface area contributed by atoms with E-state index in [4.69, 9.17) is 9.15 Å². The number of halogens is 1. The molecule has 202 valence electrons. The van der Waals surface area contributed by atoms with E-state index in [0.717, 1.165) is 30.1 Å². The molecule has 2 aromatic rings. The molecule has 0 saturated carbocycles. The molecule has 2 aliphatic heterocycles. The van der Waals surface area contributed by atoms with Gasteiger partial charge in [-0.25, -0.2) is 9.18 Å². The van der Waals surface area contributed by atoms with Crippen molar-refractivity contribution in [2.45, 2.75) is 63.3 Å². The Labute approximate surface area is 225 Å². The standard InChI is InChI=1S/C28H32FN3O5S/c1-3-36-28(35)20-9-5-13-32(20)27(34)17-7-4-8-18(24(17)29)30-25-19(15-21(25)33)31-26(23-10-6-14-38-23)22-12-11-16(2)37-22/h4,7-8,11-12,20,23,26,30-31H,3,5-6,9-10,13-15H2,1-2H3/t20-,23?,26?/m0/s1. The van der Waals surface area contributed by atoms with Crippen LogP contribution in [0.5, 0.6) is 0 Å². The number of Topliss-reactive ketones (excluding diaryl/α,β-unsaturated/α-hetero) is 1. The number of thioether (sulfide) groups is 1. The lowest BCUT2D eigenvalue weighted by Gasteiger charge is -2.31. The molecule has 3 aliphatic rings. The van der Waals surface area contributed by atoms with Crippen LogP contribution in [-0.2, 0) is 14.3 Å². The van der Waals surface area contributed by atoms with Crippen molar-refractivity contribution >= 4 is 35.1 Å². The zero-order valence-electron chi connectivity index (χ0n) is 21.6. The van der Waals surface area contributed by atoms with Crippen LogP contribution in [0, 0.1) is 12.7 Å². The molecule has 10 heteroatoms. The number of ketones is 1. The lowest BCUT2D eigenvalue weighted by molar-refractivity contribution is -0.147. The molecule has 5 rings (SSSR count). The van der Waals surface area contributed by atoms with E-state index < -0.39 is 23.7 Å². The Morgan fingerprint density at radius 1 is 1.24 bits per heavy atom. The highest BCUT2D eigenvalue weighted by atomic mass is 32.2. The van der Waals surface area contributed by atoms with Gasteiger partial charge in [0.1, 0.15) is 23.3 Å². The molecule has 1 amide bonds. The first kappa shape index (κ1) is 26.3. The van der Waals surface area contributed by atoms with Gasteiger partial charge in [0.25, 0.3) is 5.91 Å². The third-order valence-electron chi connectivity index (χ3n) is 7.21. The molecule has 38 heavy (non-hydrogen) atoms. The van der Waals surface area contributed by atoms with Crippen LogP contribution < -0.4 is 10.6 Å². The number of furan rings is 1. The highest BCUT2D eigenvalue weighted by Crippen LogP contribution is 2.39. The van der Waals surface area contributed by atoms with E-state index in [9.17, 15) is 14.4 Å². The molecule has 1 aliphatic carbocycles. The van der Waals surface area contributed by atoms with E-state index in [2.05, 4.69) is 10.6 Å². The van der Waals surface area contributed by atoms with Crippen LogP contribution in [-0.4, -0.2) is 52.8 Å². The van der Waals surface area contributed by atoms with Crippen molar-refractivity contribution in [1.29, 1.82) is 0 Å². The largest absolute Gasteiger partial charge is 0.464 e. The second kappa shape index (κ2) is 11.2. The molecule has 0 radical (unpaired) electrons. The van der Waals surface area contributed by atoms with Gasteiger partial charge in [0, 0.05) is 17.5 Å². The van der Waals surface area contributed by atoms with Gasteiger partial charge in [-0.3, -0.25) is 9.59 Å². The van der Waals surface area contributed by atoms with Gasteiger partial charge in [-0.2, -0.15) is 11.8 Å². The van der Waals surface area contributed by atoms with Crippen molar-refractivity contribution < 1.29 is 27.9 Å². The molecule has 0 bridgehead atoms. The Balaban J connectivity index is 1.36. The van der Waals surface area contributed by atoms with Gasteiger partial charge in [0.15, 0.2) is 11.6 Å². The molecule has 2 unspecified atom stereocenters. The van der Waals surface area contributed by atoms with Crippen LogP contribution in [0.25, 0.3) is 0 Å². The zero-order valence-corrected chi connectivity index (χ0v) is 22.4. The Hall–Kier alpha value is -3.27. The van der Waals surface area contributed by atoms with Gasteiger partial charge >= 0.3 is 5.97 Å². The summed E-state index contributed by atoms with van der Waals surface area (Å²) >= 11 is 1.88. The fourth-order valence-corrected chi connectivity index (χ4v) is 6.63. The van der Waals surface area contributed by atoms with Crippen LogP contribution in [0.15, 0.2) is 46.1 Å². The number of rotatable bonds is 9. The third-order valence-corrected chi connectivity index (χ3v) is 8.67. The number of likely N-dealkylation sites (tertiary alicyclic amines) is 1. The number of anilines is 1. The van der Waals surface area contributed by atoms with Crippen molar-refractivity contribution in [2.75, 3.05) is 24.2 Å². The van der Waals surface area contributed by atoms with E-state index in [1.54, 1.807) is 13.0 Å². The average molecular weight is 542 g/mol. The predicted octanol–water partition coefficient (Wildman–Crippen LogP) is 4.72. The number of aryl methyl sites for hydroxylation is 1. The third kappa shape index (κ3) is 5.18. The van der Waals surface area contributed by atoms with E-state index in [1.165, 1.54) is 17.0 Å². The number of ether oxygens (including phenoxy) is 1.